The van der Waals surface area contributed by atoms with Crippen LogP contribution in [0.1, 0.15) is 6.42 Å². The molecule has 0 aliphatic heterocycles. The average Bonchev–Trinajstić information content (AvgIpc) is 2.30. The minimum atomic E-state index is 0.447. The van der Waals surface area contributed by atoms with E-state index in [1.807, 2.05) is 4.90 Å². The molecule has 5 nitrogen and oxygen atoms in total. The molecule has 0 unspecified atom stereocenters. The van der Waals surface area contributed by atoms with E-state index in [2.05, 4.69) is 27.0 Å². The molecule has 2 N–H and O–H groups in total. The van der Waals surface area contributed by atoms with Gasteiger partial charge in [-0.1, -0.05) is 0 Å². The molecular formula is C11H15BrN4O. The zero-order valence-corrected chi connectivity index (χ0v) is 11.3. The lowest BCUT2D eigenvalue weighted by Gasteiger charge is -2.23. The Bertz CT molecular complexity index is 405. The van der Waals surface area contributed by atoms with Gasteiger partial charge in [0.2, 0.25) is 0 Å². The molecule has 0 fully saturated rings. The molecule has 0 radical (unpaired) electrons. The average molecular weight is 299 g/mol. The number of rotatable bonds is 6. The van der Waals surface area contributed by atoms with Crippen molar-refractivity contribution in [2.45, 2.75) is 6.42 Å². The van der Waals surface area contributed by atoms with E-state index in [0.717, 1.165) is 10.3 Å². The highest BCUT2D eigenvalue weighted by atomic mass is 79.9. The zero-order valence-electron chi connectivity index (χ0n) is 9.69. The summed E-state index contributed by atoms with van der Waals surface area (Å²) in [4.78, 5) is 6.27. The number of aromatic nitrogens is 1. The van der Waals surface area contributed by atoms with Gasteiger partial charge in [0, 0.05) is 20.2 Å². The maximum absolute atomic E-state index is 8.64. The molecule has 0 spiro atoms. The van der Waals surface area contributed by atoms with Crippen molar-refractivity contribution in [2.75, 3.05) is 37.4 Å². The SMILES string of the molecule is COCCN(CCC#N)c1ncc(N)cc1Br. The first-order valence-corrected chi connectivity index (χ1v) is 6.00. The fraction of sp³-hybridized carbons (Fsp3) is 0.455. The molecule has 6 heteroatoms. The van der Waals surface area contributed by atoms with Crippen LogP contribution in [0.5, 0.6) is 0 Å². The smallest absolute Gasteiger partial charge is 0.143 e. The quantitative estimate of drug-likeness (QED) is 0.866. The number of nitrogens with zero attached hydrogens (tertiary/aromatic N) is 3. The van der Waals surface area contributed by atoms with E-state index >= 15 is 0 Å². The molecule has 1 aromatic heterocycles. The molecule has 1 rings (SSSR count). The summed E-state index contributed by atoms with van der Waals surface area (Å²) in [6, 6.07) is 3.93. The number of anilines is 2. The molecule has 1 aromatic rings. The van der Waals surface area contributed by atoms with E-state index < -0.39 is 0 Å². The fourth-order valence-electron chi connectivity index (χ4n) is 1.39. The zero-order chi connectivity index (χ0) is 12.7. The summed E-state index contributed by atoms with van der Waals surface area (Å²) in [6.07, 6.45) is 2.05. The van der Waals surface area contributed by atoms with Gasteiger partial charge in [0.15, 0.2) is 0 Å². The molecule has 0 aliphatic rings. The van der Waals surface area contributed by atoms with Gasteiger partial charge in [-0.2, -0.15) is 5.26 Å². The Morgan fingerprint density at radius 3 is 2.94 bits per heavy atom. The van der Waals surface area contributed by atoms with E-state index in [9.17, 15) is 0 Å². The van der Waals surface area contributed by atoms with Crippen LogP contribution in [0.25, 0.3) is 0 Å². The third kappa shape index (κ3) is 4.21. The van der Waals surface area contributed by atoms with E-state index in [0.29, 0.717) is 31.8 Å². The maximum atomic E-state index is 8.64. The van der Waals surface area contributed by atoms with Crippen molar-refractivity contribution in [1.82, 2.24) is 4.98 Å². The topological polar surface area (TPSA) is 75.2 Å². The van der Waals surface area contributed by atoms with Crippen LogP contribution in [0.3, 0.4) is 0 Å². The first kappa shape index (κ1) is 13.7. The summed E-state index contributed by atoms with van der Waals surface area (Å²) in [5, 5.41) is 8.64. The molecule has 1 heterocycles. The number of halogens is 1. The van der Waals surface area contributed by atoms with Gasteiger partial charge in [-0.15, -0.1) is 0 Å². The van der Waals surface area contributed by atoms with Gasteiger partial charge in [-0.3, -0.25) is 0 Å². The van der Waals surface area contributed by atoms with Crippen LogP contribution in [0.15, 0.2) is 16.7 Å². The van der Waals surface area contributed by atoms with E-state index in [1.165, 1.54) is 0 Å². The number of ether oxygens (including phenoxy) is 1. The summed E-state index contributed by atoms with van der Waals surface area (Å²) in [5.41, 5.74) is 6.24. The molecule has 92 valence electrons. The van der Waals surface area contributed by atoms with Gasteiger partial charge >= 0.3 is 0 Å². The molecule has 0 aliphatic carbocycles. The summed E-state index contributed by atoms with van der Waals surface area (Å²) >= 11 is 3.42. The summed E-state index contributed by atoms with van der Waals surface area (Å²) < 4.78 is 5.87. The largest absolute Gasteiger partial charge is 0.397 e. The van der Waals surface area contributed by atoms with Crippen molar-refractivity contribution in [3.63, 3.8) is 0 Å². The van der Waals surface area contributed by atoms with Crippen molar-refractivity contribution in [3.05, 3.63) is 16.7 Å². The van der Waals surface area contributed by atoms with Gasteiger partial charge < -0.3 is 15.4 Å². The van der Waals surface area contributed by atoms with E-state index in [1.54, 1.807) is 19.4 Å². The molecule has 0 aromatic carbocycles. The predicted octanol–water partition coefficient (Wildman–Crippen LogP) is 1.79. The highest BCUT2D eigenvalue weighted by Gasteiger charge is 2.11. The summed E-state index contributed by atoms with van der Waals surface area (Å²) in [5.74, 6) is 0.784. The lowest BCUT2D eigenvalue weighted by molar-refractivity contribution is 0.205. The second-order valence-electron chi connectivity index (χ2n) is 3.46. The number of nitrogen functional groups attached to an aromatic ring is 1. The van der Waals surface area contributed by atoms with Gasteiger partial charge in [0.25, 0.3) is 0 Å². The second-order valence-corrected chi connectivity index (χ2v) is 4.32. The molecule has 0 saturated heterocycles. The van der Waals surface area contributed by atoms with Gasteiger partial charge in [0.1, 0.15) is 5.82 Å². The summed E-state index contributed by atoms with van der Waals surface area (Å²) in [7, 11) is 1.65. The molecule has 0 saturated carbocycles. The Labute approximate surface area is 109 Å². The second kappa shape index (κ2) is 7.09. The normalized spacial score (nSPS) is 9.94. The minimum absolute atomic E-state index is 0.447. The lowest BCUT2D eigenvalue weighted by Crippen LogP contribution is -2.29. The third-order valence-electron chi connectivity index (χ3n) is 2.20. The lowest BCUT2D eigenvalue weighted by atomic mass is 10.3. The summed E-state index contributed by atoms with van der Waals surface area (Å²) in [6.45, 7) is 1.90. The number of pyridine rings is 1. The minimum Gasteiger partial charge on any atom is -0.397 e. The third-order valence-corrected chi connectivity index (χ3v) is 2.78. The predicted molar refractivity (Wildman–Crippen MR) is 70.7 cm³/mol. The Morgan fingerprint density at radius 2 is 2.35 bits per heavy atom. The Kier molecular flexibility index (Phi) is 5.73. The number of methoxy groups -OCH3 is 1. The van der Waals surface area contributed by atoms with Crippen molar-refractivity contribution in [2.24, 2.45) is 0 Å². The number of nitriles is 1. The van der Waals surface area contributed by atoms with Crippen molar-refractivity contribution in [3.8, 4) is 6.07 Å². The van der Waals surface area contributed by atoms with Crippen LogP contribution in [0.2, 0.25) is 0 Å². The van der Waals surface area contributed by atoms with Gasteiger partial charge in [-0.25, -0.2) is 4.98 Å². The van der Waals surface area contributed by atoms with Crippen LogP contribution in [0.4, 0.5) is 11.5 Å². The van der Waals surface area contributed by atoms with Crippen LogP contribution < -0.4 is 10.6 Å². The molecule has 0 bridgehead atoms. The fourth-order valence-corrected chi connectivity index (χ4v) is 2.01. The molecule has 0 amide bonds. The van der Waals surface area contributed by atoms with Crippen LogP contribution >= 0.6 is 15.9 Å². The van der Waals surface area contributed by atoms with Crippen LogP contribution in [-0.2, 0) is 4.74 Å². The van der Waals surface area contributed by atoms with Crippen molar-refractivity contribution in [1.29, 1.82) is 5.26 Å². The highest BCUT2D eigenvalue weighted by molar-refractivity contribution is 9.10. The first-order valence-electron chi connectivity index (χ1n) is 5.21. The van der Waals surface area contributed by atoms with Crippen molar-refractivity contribution >= 4 is 27.4 Å². The van der Waals surface area contributed by atoms with Crippen molar-refractivity contribution < 1.29 is 4.74 Å². The maximum Gasteiger partial charge on any atom is 0.143 e. The standard InChI is InChI=1S/C11H15BrN4O/c1-17-6-5-16(4-2-3-13)11-10(12)7-9(14)8-15-11/h7-8H,2,4-6,14H2,1H3. The van der Waals surface area contributed by atoms with Gasteiger partial charge in [0.05, 0.1) is 35.5 Å². The number of hydrogen-bond acceptors (Lipinski definition) is 5. The van der Waals surface area contributed by atoms with Crippen LogP contribution in [0, 0.1) is 11.3 Å². The number of nitrogens with two attached hydrogens (primary N) is 1. The first-order chi connectivity index (χ1) is 8.19. The van der Waals surface area contributed by atoms with E-state index in [-0.39, 0.29) is 0 Å². The number of hydrogen-bond donors (Lipinski definition) is 1. The van der Waals surface area contributed by atoms with Gasteiger partial charge in [-0.05, 0) is 22.0 Å². The Balaban J connectivity index is 2.83. The molecular weight excluding hydrogens is 284 g/mol. The molecule has 0 atom stereocenters. The van der Waals surface area contributed by atoms with Crippen LogP contribution in [-0.4, -0.2) is 31.8 Å². The molecule has 17 heavy (non-hydrogen) atoms. The Morgan fingerprint density at radius 1 is 1.59 bits per heavy atom. The van der Waals surface area contributed by atoms with E-state index in [4.69, 9.17) is 15.7 Å². The Hall–Kier alpha value is -1.32. The highest BCUT2D eigenvalue weighted by Crippen LogP contribution is 2.25. The monoisotopic (exact) mass is 298 g/mol.